The van der Waals surface area contributed by atoms with Gasteiger partial charge in [0, 0.05) is 6.42 Å². The lowest BCUT2D eigenvalue weighted by molar-refractivity contribution is -0.158. The number of Topliss-reactive ketones (excluding diaryl/α,β-unsaturated/α-hetero) is 1. The second-order valence-electron chi connectivity index (χ2n) is 9.41. The first-order chi connectivity index (χ1) is 16.0. The van der Waals surface area contributed by atoms with Crippen molar-refractivity contribution in [3.63, 3.8) is 0 Å². The van der Waals surface area contributed by atoms with E-state index in [1.54, 1.807) is 27.9 Å². The van der Waals surface area contributed by atoms with E-state index in [-0.39, 0.29) is 6.42 Å². The van der Waals surface area contributed by atoms with Crippen LogP contribution in [0.3, 0.4) is 0 Å². The van der Waals surface area contributed by atoms with E-state index in [9.17, 15) is 19.2 Å². The number of aryl methyl sites for hydroxylation is 1. The first-order valence-corrected chi connectivity index (χ1v) is 12.0. The Balaban J connectivity index is 2.54. The normalized spacial score (nSPS) is 12.9. The summed E-state index contributed by atoms with van der Waals surface area (Å²) >= 11 is 0. The molecule has 190 valence electrons. The maximum Gasteiger partial charge on any atom is 0.328 e. The Bertz CT molecular complexity index is 814. The zero-order chi connectivity index (χ0) is 25.7. The molecule has 0 aliphatic heterocycles. The van der Waals surface area contributed by atoms with E-state index < -0.39 is 41.3 Å². The van der Waals surface area contributed by atoms with Gasteiger partial charge in [-0.2, -0.15) is 0 Å². The lowest BCUT2D eigenvalue weighted by Gasteiger charge is -2.24. The second kappa shape index (κ2) is 14.4. The number of unbranched alkanes of at least 4 members (excludes halogenated alkanes) is 2. The molecular formula is C26H40N2O6. The molecule has 0 bridgehead atoms. The Labute approximate surface area is 203 Å². The lowest BCUT2D eigenvalue weighted by Crippen LogP contribution is -2.52. The monoisotopic (exact) mass is 476 g/mol. The van der Waals surface area contributed by atoms with Gasteiger partial charge in [0.25, 0.3) is 5.91 Å². The summed E-state index contributed by atoms with van der Waals surface area (Å²) in [5, 5.41) is 5.13. The molecule has 1 aromatic rings. The van der Waals surface area contributed by atoms with Crippen LogP contribution in [0.25, 0.3) is 0 Å². The van der Waals surface area contributed by atoms with Gasteiger partial charge in [-0.3, -0.25) is 14.4 Å². The topological polar surface area (TPSA) is 111 Å². The molecule has 0 aliphatic rings. The van der Waals surface area contributed by atoms with Gasteiger partial charge in [0.2, 0.25) is 11.7 Å². The third kappa shape index (κ3) is 11.3. The predicted octanol–water partition coefficient (Wildman–Crippen LogP) is 3.50. The number of hydrogen-bond donors (Lipinski definition) is 2. The highest BCUT2D eigenvalue weighted by atomic mass is 16.6. The maximum atomic E-state index is 12.7. The van der Waals surface area contributed by atoms with Crippen LogP contribution in [0.15, 0.2) is 24.3 Å². The van der Waals surface area contributed by atoms with Gasteiger partial charge in [-0.05, 0) is 71.1 Å². The molecule has 0 saturated heterocycles. The van der Waals surface area contributed by atoms with Gasteiger partial charge in [-0.25, -0.2) is 4.79 Å². The number of ether oxygens (including phenoxy) is 2. The van der Waals surface area contributed by atoms with E-state index in [0.717, 1.165) is 30.6 Å². The molecule has 0 aromatic heterocycles. The summed E-state index contributed by atoms with van der Waals surface area (Å²) in [6, 6.07) is 5.96. The molecule has 2 N–H and O–H groups in total. The number of ketones is 1. The molecule has 0 spiro atoms. The van der Waals surface area contributed by atoms with Gasteiger partial charge in [0.15, 0.2) is 0 Å². The lowest BCUT2D eigenvalue weighted by atomic mass is 10.0. The summed E-state index contributed by atoms with van der Waals surface area (Å²) in [7, 11) is 1.61. The Morgan fingerprint density at radius 1 is 0.971 bits per heavy atom. The van der Waals surface area contributed by atoms with Crippen LogP contribution in [0, 0.1) is 0 Å². The quantitative estimate of drug-likeness (QED) is 0.242. The smallest absolute Gasteiger partial charge is 0.328 e. The molecule has 1 rings (SSSR count). The van der Waals surface area contributed by atoms with E-state index in [1.807, 2.05) is 31.2 Å². The Morgan fingerprint density at radius 2 is 1.62 bits per heavy atom. The summed E-state index contributed by atoms with van der Waals surface area (Å²) in [5.74, 6) is -1.60. The van der Waals surface area contributed by atoms with Gasteiger partial charge in [0.1, 0.15) is 23.4 Å². The fraction of sp³-hybridized carbons (Fsp3) is 0.615. The van der Waals surface area contributed by atoms with Crippen LogP contribution in [-0.4, -0.2) is 48.4 Å². The third-order valence-electron chi connectivity index (χ3n) is 5.12. The minimum Gasteiger partial charge on any atom is -0.497 e. The second-order valence-corrected chi connectivity index (χ2v) is 9.41. The fourth-order valence-electron chi connectivity index (χ4n) is 3.20. The number of nitrogens with one attached hydrogen (secondary N) is 2. The highest BCUT2D eigenvalue weighted by Gasteiger charge is 2.28. The van der Waals surface area contributed by atoms with Gasteiger partial charge >= 0.3 is 5.97 Å². The van der Waals surface area contributed by atoms with Gasteiger partial charge in [-0.1, -0.05) is 31.9 Å². The largest absolute Gasteiger partial charge is 0.497 e. The standard InChI is InChI=1S/C26H40N2O6/c1-7-8-12-21(23(30)27-18(2)25(32)34-26(3,4)5)28-24(31)22(29)13-10-9-11-19-14-16-20(33-6)17-15-19/h14-18,21H,7-13H2,1-6H3,(H,27,30)(H,28,31)/t18-,21-/m0/s1. The Morgan fingerprint density at radius 3 is 2.18 bits per heavy atom. The van der Waals surface area contributed by atoms with E-state index in [4.69, 9.17) is 9.47 Å². The highest BCUT2D eigenvalue weighted by molar-refractivity contribution is 6.36. The molecule has 2 atom stereocenters. The Kier molecular flexibility index (Phi) is 12.3. The van der Waals surface area contributed by atoms with Crippen LogP contribution in [0.4, 0.5) is 0 Å². The van der Waals surface area contributed by atoms with Crippen molar-refractivity contribution in [3.05, 3.63) is 29.8 Å². The van der Waals surface area contributed by atoms with Gasteiger partial charge in [-0.15, -0.1) is 0 Å². The molecular weight excluding hydrogens is 436 g/mol. The average molecular weight is 477 g/mol. The van der Waals surface area contributed by atoms with E-state index >= 15 is 0 Å². The van der Waals surface area contributed by atoms with Crippen LogP contribution >= 0.6 is 0 Å². The molecule has 0 unspecified atom stereocenters. The van der Waals surface area contributed by atoms with Gasteiger partial charge in [0.05, 0.1) is 7.11 Å². The molecule has 8 heteroatoms. The van der Waals surface area contributed by atoms with Crippen LogP contribution < -0.4 is 15.4 Å². The van der Waals surface area contributed by atoms with Crippen molar-refractivity contribution in [2.24, 2.45) is 0 Å². The molecule has 0 saturated carbocycles. The van der Waals surface area contributed by atoms with Gasteiger partial charge < -0.3 is 20.1 Å². The van der Waals surface area contributed by atoms with Crippen molar-refractivity contribution in [1.29, 1.82) is 0 Å². The first-order valence-electron chi connectivity index (χ1n) is 12.0. The van der Waals surface area contributed by atoms with Crippen molar-refractivity contribution in [2.75, 3.05) is 7.11 Å². The number of carbonyl (C=O) groups is 4. The number of rotatable bonds is 14. The van der Waals surface area contributed by atoms with Crippen LogP contribution in [0.5, 0.6) is 5.75 Å². The van der Waals surface area contributed by atoms with Crippen LogP contribution in [0.1, 0.15) is 78.7 Å². The summed E-state index contributed by atoms with van der Waals surface area (Å²) < 4.78 is 10.4. The molecule has 8 nitrogen and oxygen atoms in total. The summed E-state index contributed by atoms with van der Waals surface area (Å²) in [6.07, 6.45) is 4.12. The number of esters is 1. The highest BCUT2D eigenvalue weighted by Crippen LogP contribution is 2.14. The van der Waals surface area contributed by atoms with E-state index in [1.165, 1.54) is 6.92 Å². The molecule has 0 fully saturated rings. The van der Waals surface area contributed by atoms with E-state index in [2.05, 4.69) is 10.6 Å². The molecule has 0 aliphatic carbocycles. The predicted molar refractivity (Wildman–Crippen MR) is 130 cm³/mol. The summed E-state index contributed by atoms with van der Waals surface area (Å²) in [4.78, 5) is 49.6. The number of carbonyl (C=O) groups excluding carboxylic acids is 4. The number of hydrogen-bond acceptors (Lipinski definition) is 6. The SMILES string of the molecule is CCCC[C@H](NC(=O)C(=O)CCCCc1ccc(OC)cc1)C(=O)N[C@@H](C)C(=O)OC(C)(C)C. The zero-order valence-corrected chi connectivity index (χ0v) is 21.4. The molecule has 0 radical (unpaired) electrons. The number of amides is 2. The van der Waals surface area contributed by atoms with Crippen LogP contribution in [-0.2, 0) is 30.3 Å². The molecule has 2 amide bonds. The van der Waals surface area contributed by atoms with Crippen molar-refractivity contribution >= 4 is 23.6 Å². The summed E-state index contributed by atoms with van der Waals surface area (Å²) in [5.41, 5.74) is 0.458. The number of methoxy groups -OCH3 is 1. The number of benzene rings is 1. The van der Waals surface area contributed by atoms with Crippen molar-refractivity contribution < 1.29 is 28.7 Å². The third-order valence-corrected chi connectivity index (χ3v) is 5.12. The molecule has 1 aromatic carbocycles. The Hall–Kier alpha value is -2.90. The maximum absolute atomic E-state index is 12.7. The fourth-order valence-corrected chi connectivity index (χ4v) is 3.20. The minimum absolute atomic E-state index is 0.110. The minimum atomic E-state index is -0.888. The van der Waals surface area contributed by atoms with E-state index in [0.29, 0.717) is 19.3 Å². The van der Waals surface area contributed by atoms with Crippen LogP contribution in [0.2, 0.25) is 0 Å². The van der Waals surface area contributed by atoms with Crippen molar-refractivity contribution in [1.82, 2.24) is 10.6 Å². The average Bonchev–Trinajstić information content (AvgIpc) is 2.78. The van der Waals surface area contributed by atoms with Crippen molar-refractivity contribution in [3.8, 4) is 5.75 Å². The molecule has 0 heterocycles. The molecule has 34 heavy (non-hydrogen) atoms. The first kappa shape index (κ1) is 29.1. The summed E-state index contributed by atoms with van der Waals surface area (Å²) in [6.45, 7) is 8.72. The zero-order valence-electron chi connectivity index (χ0n) is 21.4. The van der Waals surface area contributed by atoms with Crippen molar-refractivity contribution in [2.45, 2.75) is 97.2 Å².